The second-order valence-electron chi connectivity index (χ2n) is 6.13. The standard InChI is InChI=1S/C18H24N4OS/c1-14-15(2)24-11-10-22(14)18(23)20-12-17-19-8-9-21(17)13-16-6-4-3-5-7-16/h3-9,14-15H,10-13H2,1-2H3,(H,20,23)/t14-,15-/m0/s1. The number of urea groups is 1. The van der Waals surface area contributed by atoms with Gasteiger partial charge in [0.1, 0.15) is 5.82 Å². The van der Waals surface area contributed by atoms with Crippen molar-refractivity contribution in [2.75, 3.05) is 12.3 Å². The molecular formula is C18H24N4OS. The predicted octanol–water partition coefficient (Wildman–Crippen LogP) is 2.97. The van der Waals surface area contributed by atoms with Crippen molar-refractivity contribution in [3.05, 3.63) is 54.1 Å². The van der Waals surface area contributed by atoms with Gasteiger partial charge in [-0.3, -0.25) is 0 Å². The third kappa shape index (κ3) is 3.93. The molecule has 1 aliphatic heterocycles. The summed E-state index contributed by atoms with van der Waals surface area (Å²) in [6, 6.07) is 10.5. The number of nitrogens with zero attached hydrogens (tertiary/aromatic N) is 3. The number of carbonyl (C=O) groups excluding carboxylic acids is 1. The summed E-state index contributed by atoms with van der Waals surface area (Å²) in [6.45, 7) is 6.32. The lowest BCUT2D eigenvalue weighted by atomic mass is 10.2. The number of imidazole rings is 1. The van der Waals surface area contributed by atoms with Gasteiger partial charge in [0.2, 0.25) is 0 Å². The number of thioether (sulfide) groups is 1. The Hall–Kier alpha value is -1.95. The van der Waals surface area contributed by atoms with Gasteiger partial charge in [-0.2, -0.15) is 11.8 Å². The minimum Gasteiger partial charge on any atom is -0.331 e. The number of aromatic nitrogens is 2. The molecule has 1 fully saturated rings. The number of hydrogen-bond donors (Lipinski definition) is 1. The van der Waals surface area contributed by atoms with Crippen molar-refractivity contribution in [2.24, 2.45) is 0 Å². The van der Waals surface area contributed by atoms with Crippen LogP contribution in [0.5, 0.6) is 0 Å². The molecule has 2 amide bonds. The van der Waals surface area contributed by atoms with Gasteiger partial charge >= 0.3 is 6.03 Å². The molecule has 0 spiro atoms. The number of nitrogens with one attached hydrogen (secondary N) is 1. The molecule has 0 unspecified atom stereocenters. The fourth-order valence-corrected chi connectivity index (χ4v) is 4.01. The fourth-order valence-electron chi connectivity index (χ4n) is 2.91. The monoisotopic (exact) mass is 344 g/mol. The van der Waals surface area contributed by atoms with Crippen LogP contribution in [0.2, 0.25) is 0 Å². The zero-order chi connectivity index (χ0) is 16.9. The van der Waals surface area contributed by atoms with Crippen LogP contribution in [-0.4, -0.2) is 44.1 Å². The van der Waals surface area contributed by atoms with Crippen molar-refractivity contribution in [2.45, 2.75) is 38.2 Å². The Morgan fingerprint density at radius 1 is 1.33 bits per heavy atom. The van der Waals surface area contributed by atoms with Gasteiger partial charge in [0.25, 0.3) is 0 Å². The van der Waals surface area contributed by atoms with Crippen LogP contribution in [0, 0.1) is 0 Å². The average Bonchev–Trinajstić information content (AvgIpc) is 3.03. The van der Waals surface area contributed by atoms with E-state index in [2.05, 4.69) is 40.8 Å². The van der Waals surface area contributed by atoms with Crippen LogP contribution in [0.15, 0.2) is 42.7 Å². The van der Waals surface area contributed by atoms with Crippen LogP contribution >= 0.6 is 11.8 Å². The fraction of sp³-hybridized carbons (Fsp3) is 0.444. The molecule has 6 heteroatoms. The summed E-state index contributed by atoms with van der Waals surface area (Å²) < 4.78 is 2.08. The van der Waals surface area contributed by atoms with Gasteiger partial charge in [-0.05, 0) is 12.5 Å². The highest BCUT2D eigenvalue weighted by Gasteiger charge is 2.28. The maximum absolute atomic E-state index is 12.5. The van der Waals surface area contributed by atoms with E-state index in [1.807, 2.05) is 41.1 Å². The van der Waals surface area contributed by atoms with E-state index < -0.39 is 0 Å². The Bertz CT molecular complexity index is 673. The lowest BCUT2D eigenvalue weighted by molar-refractivity contribution is 0.179. The average molecular weight is 344 g/mol. The molecule has 0 bridgehead atoms. The summed E-state index contributed by atoms with van der Waals surface area (Å²) in [5.74, 6) is 1.88. The molecule has 2 aromatic rings. The maximum Gasteiger partial charge on any atom is 0.318 e. The number of hydrogen-bond acceptors (Lipinski definition) is 3. The van der Waals surface area contributed by atoms with Crippen molar-refractivity contribution >= 4 is 17.8 Å². The van der Waals surface area contributed by atoms with Crippen molar-refractivity contribution in [1.82, 2.24) is 19.8 Å². The molecule has 1 aromatic heterocycles. The lowest BCUT2D eigenvalue weighted by Crippen LogP contribution is -2.51. The van der Waals surface area contributed by atoms with Gasteiger partial charge in [0.15, 0.2) is 0 Å². The molecule has 1 aliphatic rings. The molecule has 1 saturated heterocycles. The predicted molar refractivity (Wildman–Crippen MR) is 98.1 cm³/mol. The Morgan fingerprint density at radius 2 is 2.12 bits per heavy atom. The lowest BCUT2D eigenvalue weighted by Gasteiger charge is -2.37. The highest BCUT2D eigenvalue weighted by molar-refractivity contribution is 8.00. The van der Waals surface area contributed by atoms with Crippen LogP contribution in [0.1, 0.15) is 25.2 Å². The first-order chi connectivity index (χ1) is 11.6. The normalized spacial score (nSPS) is 20.8. The van der Waals surface area contributed by atoms with E-state index in [9.17, 15) is 4.79 Å². The maximum atomic E-state index is 12.5. The van der Waals surface area contributed by atoms with E-state index in [1.165, 1.54) is 5.56 Å². The molecule has 0 saturated carbocycles. The third-order valence-electron chi connectivity index (χ3n) is 4.54. The Balaban J connectivity index is 1.59. The van der Waals surface area contributed by atoms with Gasteiger partial charge < -0.3 is 14.8 Å². The Labute approximate surface area is 147 Å². The minimum absolute atomic E-state index is 0.00362. The van der Waals surface area contributed by atoms with E-state index in [1.54, 1.807) is 6.20 Å². The molecular weight excluding hydrogens is 320 g/mol. The number of rotatable bonds is 4. The first-order valence-corrected chi connectivity index (χ1v) is 9.40. The van der Waals surface area contributed by atoms with Crippen molar-refractivity contribution < 1.29 is 4.79 Å². The van der Waals surface area contributed by atoms with Crippen LogP contribution in [0.25, 0.3) is 0 Å². The van der Waals surface area contributed by atoms with Crippen molar-refractivity contribution in [3.63, 3.8) is 0 Å². The summed E-state index contributed by atoms with van der Waals surface area (Å²) >= 11 is 1.93. The van der Waals surface area contributed by atoms with Gasteiger partial charge in [-0.1, -0.05) is 37.3 Å². The quantitative estimate of drug-likeness (QED) is 0.928. The SMILES string of the molecule is C[C@@H]1SCCN(C(=O)NCc2nccn2Cc2ccccc2)[C@H]1C. The number of benzene rings is 1. The molecule has 2 atom stereocenters. The largest absolute Gasteiger partial charge is 0.331 e. The second-order valence-corrected chi connectivity index (χ2v) is 7.61. The van der Waals surface area contributed by atoms with Gasteiger partial charge in [0, 0.05) is 42.5 Å². The van der Waals surface area contributed by atoms with Gasteiger partial charge in [0.05, 0.1) is 6.54 Å². The van der Waals surface area contributed by atoms with Crippen molar-refractivity contribution in [3.8, 4) is 0 Å². The third-order valence-corrected chi connectivity index (χ3v) is 5.88. The van der Waals surface area contributed by atoms with E-state index in [4.69, 9.17) is 0 Å². The summed E-state index contributed by atoms with van der Waals surface area (Å²) in [5, 5.41) is 3.50. The van der Waals surface area contributed by atoms with Crippen LogP contribution in [0.3, 0.4) is 0 Å². The molecule has 2 heterocycles. The topological polar surface area (TPSA) is 50.2 Å². The molecule has 0 radical (unpaired) electrons. The smallest absolute Gasteiger partial charge is 0.318 e. The molecule has 5 nitrogen and oxygen atoms in total. The Kier molecular flexibility index (Phi) is 5.45. The van der Waals surface area contributed by atoms with Gasteiger partial charge in [-0.15, -0.1) is 0 Å². The van der Waals surface area contributed by atoms with Crippen molar-refractivity contribution in [1.29, 1.82) is 0 Å². The molecule has 24 heavy (non-hydrogen) atoms. The van der Waals surface area contributed by atoms with E-state index >= 15 is 0 Å². The van der Waals surface area contributed by atoms with Crippen LogP contribution in [0.4, 0.5) is 4.79 Å². The summed E-state index contributed by atoms with van der Waals surface area (Å²) in [7, 11) is 0. The molecule has 1 aromatic carbocycles. The summed E-state index contributed by atoms with van der Waals surface area (Å²) in [4.78, 5) is 18.8. The first-order valence-electron chi connectivity index (χ1n) is 8.35. The van der Waals surface area contributed by atoms with Crippen LogP contribution < -0.4 is 5.32 Å². The minimum atomic E-state index is 0.00362. The van der Waals surface area contributed by atoms with E-state index in [0.29, 0.717) is 11.8 Å². The van der Waals surface area contributed by atoms with E-state index in [-0.39, 0.29) is 12.1 Å². The molecule has 3 rings (SSSR count). The van der Waals surface area contributed by atoms with Gasteiger partial charge in [-0.25, -0.2) is 9.78 Å². The summed E-state index contributed by atoms with van der Waals surface area (Å²) in [6.07, 6.45) is 3.74. The molecule has 0 aliphatic carbocycles. The first kappa shape index (κ1) is 16.9. The zero-order valence-electron chi connectivity index (χ0n) is 14.2. The highest BCUT2D eigenvalue weighted by atomic mass is 32.2. The molecule has 1 N–H and O–H groups in total. The highest BCUT2D eigenvalue weighted by Crippen LogP contribution is 2.24. The second kappa shape index (κ2) is 7.75. The Morgan fingerprint density at radius 3 is 2.92 bits per heavy atom. The zero-order valence-corrected chi connectivity index (χ0v) is 15.0. The van der Waals surface area contributed by atoms with E-state index in [0.717, 1.165) is 24.7 Å². The van der Waals surface area contributed by atoms with Crippen LogP contribution in [-0.2, 0) is 13.1 Å². The summed E-state index contributed by atoms with van der Waals surface area (Å²) in [5.41, 5.74) is 1.22. The number of carbonyl (C=O) groups is 1. The molecule has 128 valence electrons. The number of amides is 2.